The van der Waals surface area contributed by atoms with Gasteiger partial charge in [-0.2, -0.15) is 0 Å². The molecular formula is C26H23N3O7S2. The topological polar surface area (TPSA) is 122 Å². The Balaban J connectivity index is 1.42. The Morgan fingerprint density at radius 1 is 0.842 bits per heavy atom. The SMILES string of the molecule is COc1ccc(/C=C2\SC(=O)N(CCN3C(=O)S/C(=C\c4ccc(NC(C)=O)cc4)C3=O)C2=O)c(OC)c1. The molecule has 196 valence electrons. The lowest BCUT2D eigenvalue weighted by Gasteiger charge is -2.17. The van der Waals surface area contributed by atoms with Crippen LogP contribution in [-0.2, 0) is 14.4 Å². The van der Waals surface area contributed by atoms with Gasteiger partial charge in [0, 0.05) is 37.3 Å². The molecule has 2 aliphatic heterocycles. The Morgan fingerprint density at radius 3 is 1.95 bits per heavy atom. The number of nitrogens with zero attached hydrogens (tertiary/aromatic N) is 2. The van der Waals surface area contributed by atoms with Crippen LogP contribution in [0.3, 0.4) is 0 Å². The molecule has 2 aromatic rings. The van der Waals surface area contributed by atoms with Crippen LogP contribution in [0, 0.1) is 0 Å². The van der Waals surface area contributed by atoms with E-state index >= 15 is 0 Å². The van der Waals surface area contributed by atoms with Crippen molar-refractivity contribution in [3.63, 3.8) is 0 Å². The van der Waals surface area contributed by atoms with Crippen molar-refractivity contribution in [1.29, 1.82) is 0 Å². The monoisotopic (exact) mass is 553 g/mol. The molecule has 10 nitrogen and oxygen atoms in total. The Bertz CT molecular complexity index is 1390. The molecule has 2 aliphatic rings. The van der Waals surface area contributed by atoms with E-state index in [0.29, 0.717) is 28.3 Å². The van der Waals surface area contributed by atoms with Gasteiger partial charge in [0.15, 0.2) is 0 Å². The predicted molar refractivity (Wildman–Crippen MR) is 146 cm³/mol. The van der Waals surface area contributed by atoms with E-state index in [1.54, 1.807) is 54.6 Å². The number of nitrogens with one attached hydrogen (secondary N) is 1. The molecule has 12 heteroatoms. The Hall–Kier alpha value is -4.03. The van der Waals surface area contributed by atoms with Crippen molar-refractivity contribution in [3.8, 4) is 11.5 Å². The number of hydrogen-bond donors (Lipinski definition) is 1. The first-order chi connectivity index (χ1) is 18.2. The first kappa shape index (κ1) is 27.0. The molecule has 0 radical (unpaired) electrons. The zero-order valence-corrected chi connectivity index (χ0v) is 22.3. The molecular weight excluding hydrogens is 530 g/mol. The molecule has 0 unspecified atom stereocenters. The van der Waals surface area contributed by atoms with E-state index in [-0.39, 0.29) is 28.8 Å². The van der Waals surface area contributed by atoms with Crippen LogP contribution in [0.2, 0.25) is 0 Å². The molecule has 0 aromatic heterocycles. The minimum absolute atomic E-state index is 0.124. The summed E-state index contributed by atoms with van der Waals surface area (Å²) in [4.78, 5) is 64.5. The summed E-state index contributed by atoms with van der Waals surface area (Å²) in [5.41, 5.74) is 1.88. The van der Waals surface area contributed by atoms with E-state index in [4.69, 9.17) is 9.47 Å². The number of thioether (sulfide) groups is 2. The van der Waals surface area contributed by atoms with Crippen LogP contribution < -0.4 is 14.8 Å². The summed E-state index contributed by atoms with van der Waals surface area (Å²) in [6.07, 6.45) is 3.14. The average Bonchev–Trinajstić information content (AvgIpc) is 3.31. The van der Waals surface area contributed by atoms with Crippen LogP contribution in [0.1, 0.15) is 18.1 Å². The smallest absolute Gasteiger partial charge is 0.293 e. The molecule has 1 N–H and O–H groups in total. The van der Waals surface area contributed by atoms with E-state index in [1.807, 2.05) is 0 Å². The average molecular weight is 554 g/mol. The number of anilines is 1. The lowest BCUT2D eigenvalue weighted by Crippen LogP contribution is -2.39. The second-order valence-electron chi connectivity index (χ2n) is 8.08. The number of amides is 5. The van der Waals surface area contributed by atoms with Gasteiger partial charge < -0.3 is 14.8 Å². The van der Waals surface area contributed by atoms with E-state index < -0.39 is 22.3 Å². The first-order valence-corrected chi connectivity index (χ1v) is 12.9. The maximum Gasteiger partial charge on any atom is 0.293 e. The van der Waals surface area contributed by atoms with Crippen molar-refractivity contribution >= 4 is 69.6 Å². The van der Waals surface area contributed by atoms with Crippen LogP contribution in [0.5, 0.6) is 11.5 Å². The molecule has 2 aromatic carbocycles. The Morgan fingerprint density at radius 2 is 1.42 bits per heavy atom. The number of rotatable bonds is 8. The van der Waals surface area contributed by atoms with Crippen molar-refractivity contribution in [2.24, 2.45) is 0 Å². The molecule has 0 saturated carbocycles. The van der Waals surface area contributed by atoms with Crippen LogP contribution >= 0.6 is 23.5 Å². The van der Waals surface area contributed by atoms with Gasteiger partial charge in [0.1, 0.15) is 11.5 Å². The van der Waals surface area contributed by atoms with Crippen LogP contribution in [-0.4, -0.2) is 65.3 Å². The van der Waals surface area contributed by atoms with Crippen LogP contribution in [0.25, 0.3) is 12.2 Å². The zero-order chi connectivity index (χ0) is 27.4. The molecule has 4 rings (SSSR count). The van der Waals surface area contributed by atoms with Crippen LogP contribution in [0.15, 0.2) is 52.3 Å². The minimum Gasteiger partial charge on any atom is -0.497 e. The number of benzene rings is 2. The fourth-order valence-electron chi connectivity index (χ4n) is 3.68. The molecule has 5 amide bonds. The first-order valence-electron chi connectivity index (χ1n) is 11.3. The third kappa shape index (κ3) is 5.92. The molecule has 38 heavy (non-hydrogen) atoms. The van der Waals surface area contributed by atoms with E-state index in [1.165, 1.54) is 21.1 Å². The number of ether oxygens (including phenoxy) is 2. The van der Waals surface area contributed by atoms with Gasteiger partial charge in [-0.25, -0.2) is 0 Å². The quantitative estimate of drug-likeness (QED) is 0.473. The highest BCUT2D eigenvalue weighted by Crippen LogP contribution is 2.36. The van der Waals surface area contributed by atoms with E-state index in [2.05, 4.69) is 5.32 Å². The normalized spacial score (nSPS) is 17.7. The van der Waals surface area contributed by atoms with Gasteiger partial charge in [0.2, 0.25) is 5.91 Å². The molecule has 2 saturated heterocycles. The molecule has 0 bridgehead atoms. The van der Waals surface area contributed by atoms with E-state index in [9.17, 15) is 24.0 Å². The second kappa shape index (κ2) is 11.6. The standard InChI is InChI=1S/C26H23N3O7S2/c1-15(30)27-18-7-4-16(5-8-18)12-21-23(31)28(25(33)37-21)10-11-29-24(32)22(38-26(29)34)13-17-6-9-19(35-2)14-20(17)36-3/h4-9,12-14H,10-11H2,1-3H3,(H,27,30)/b21-12-,22-13-. The van der Waals surface area contributed by atoms with E-state index in [0.717, 1.165) is 33.3 Å². The van der Waals surface area contributed by atoms with Crippen molar-refractivity contribution < 1.29 is 33.4 Å². The molecule has 0 atom stereocenters. The highest BCUT2D eigenvalue weighted by molar-refractivity contribution is 8.18. The minimum atomic E-state index is -0.514. The van der Waals surface area contributed by atoms with Gasteiger partial charge in [-0.3, -0.25) is 33.8 Å². The molecule has 0 spiro atoms. The van der Waals surface area contributed by atoms with Gasteiger partial charge in [-0.05, 0) is 65.5 Å². The Labute approximate surface area is 227 Å². The maximum absolute atomic E-state index is 12.9. The fourth-order valence-corrected chi connectivity index (χ4v) is 5.40. The summed E-state index contributed by atoms with van der Waals surface area (Å²) in [6.45, 7) is 1.15. The largest absolute Gasteiger partial charge is 0.497 e. The highest BCUT2D eigenvalue weighted by Gasteiger charge is 2.39. The second-order valence-corrected chi connectivity index (χ2v) is 10.1. The summed E-state index contributed by atoms with van der Waals surface area (Å²) in [5.74, 6) is -0.155. The third-order valence-corrected chi connectivity index (χ3v) is 7.37. The highest BCUT2D eigenvalue weighted by atomic mass is 32.2. The number of carbonyl (C=O) groups excluding carboxylic acids is 5. The summed E-state index contributed by atoms with van der Waals surface area (Å²) < 4.78 is 10.5. The maximum atomic E-state index is 12.9. The lowest BCUT2D eigenvalue weighted by molar-refractivity contribution is -0.125. The summed E-state index contributed by atoms with van der Waals surface area (Å²) in [5, 5.41) is 1.68. The third-order valence-electron chi connectivity index (χ3n) is 5.55. The number of hydrogen-bond acceptors (Lipinski definition) is 9. The van der Waals surface area contributed by atoms with Crippen molar-refractivity contribution in [1.82, 2.24) is 9.80 Å². The van der Waals surface area contributed by atoms with Crippen molar-refractivity contribution in [3.05, 3.63) is 63.4 Å². The van der Waals surface area contributed by atoms with Gasteiger partial charge in [-0.1, -0.05) is 12.1 Å². The zero-order valence-electron chi connectivity index (χ0n) is 20.7. The molecule has 0 aliphatic carbocycles. The van der Waals surface area contributed by atoms with Gasteiger partial charge in [-0.15, -0.1) is 0 Å². The lowest BCUT2D eigenvalue weighted by atomic mass is 10.1. The van der Waals surface area contributed by atoms with Crippen molar-refractivity contribution in [2.75, 3.05) is 32.6 Å². The Kier molecular flexibility index (Phi) is 8.23. The number of carbonyl (C=O) groups is 5. The predicted octanol–water partition coefficient (Wildman–Crippen LogP) is 4.44. The summed E-state index contributed by atoms with van der Waals surface area (Å²) in [7, 11) is 3.02. The van der Waals surface area contributed by atoms with Crippen LogP contribution in [0.4, 0.5) is 15.3 Å². The molecule has 2 heterocycles. The fraction of sp³-hybridized carbons (Fsp3) is 0.192. The number of imide groups is 2. The van der Waals surface area contributed by atoms with Gasteiger partial charge >= 0.3 is 0 Å². The molecule has 2 fully saturated rings. The van der Waals surface area contributed by atoms with Crippen molar-refractivity contribution in [2.45, 2.75) is 6.92 Å². The van der Waals surface area contributed by atoms with Gasteiger partial charge in [0.25, 0.3) is 22.3 Å². The number of methoxy groups -OCH3 is 2. The summed E-state index contributed by atoms with van der Waals surface area (Å²) in [6, 6.07) is 11.9. The summed E-state index contributed by atoms with van der Waals surface area (Å²) >= 11 is 1.56. The van der Waals surface area contributed by atoms with Gasteiger partial charge in [0.05, 0.1) is 24.0 Å².